The average molecular weight is 575 g/mol. The molecule has 0 fully saturated rings. The number of carbonyl (C=O) groups excluding carboxylic acids is 1. The highest BCUT2D eigenvalue weighted by Crippen LogP contribution is 2.26. The first kappa shape index (κ1) is 33.0. The Labute approximate surface area is 250 Å². The molecule has 0 aliphatic carbocycles. The first-order chi connectivity index (χ1) is 19.8. The molecule has 7 heteroatoms. The second kappa shape index (κ2) is 14.6. The van der Waals surface area contributed by atoms with Crippen LogP contribution in [0.3, 0.4) is 0 Å². The van der Waals surface area contributed by atoms with Gasteiger partial charge in [0, 0.05) is 18.7 Å². The summed E-state index contributed by atoms with van der Waals surface area (Å²) in [5.74, 6) is -1.04. The van der Waals surface area contributed by atoms with E-state index in [1.54, 1.807) is 24.8 Å². The van der Waals surface area contributed by atoms with Gasteiger partial charge in [0.25, 0.3) is 0 Å². The Morgan fingerprint density at radius 3 is 2.17 bits per heavy atom. The van der Waals surface area contributed by atoms with E-state index < -0.39 is 23.2 Å². The molecule has 2 N–H and O–H groups in total. The van der Waals surface area contributed by atoms with Gasteiger partial charge in [0.05, 0.1) is 30.9 Å². The van der Waals surface area contributed by atoms with Gasteiger partial charge in [-0.15, -0.1) is 0 Å². The first-order valence-electron chi connectivity index (χ1n) is 14.5. The fourth-order valence-corrected chi connectivity index (χ4v) is 5.05. The molecule has 42 heavy (non-hydrogen) atoms. The highest BCUT2D eigenvalue weighted by molar-refractivity contribution is 5.85. The normalized spacial score (nSPS) is 13.9. The third kappa shape index (κ3) is 9.79. The molecule has 1 amide bonds. The zero-order valence-corrected chi connectivity index (χ0v) is 25.8. The molecule has 3 aromatic carbocycles. The van der Waals surface area contributed by atoms with Crippen LogP contribution in [0, 0.1) is 0 Å². The molecule has 3 aromatic rings. The van der Waals surface area contributed by atoms with Crippen LogP contribution in [0.25, 0.3) is 10.8 Å². The van der Waals surface area contributed by atoms with Crippen LogP contribution in [0.4, 0.5) is 0 Å². The maximum absolute atomic E-state index is 14.4. The Morgan fingerprint density at radius 1 is 0.881 bits per heavy atom. The largest absolute Gasteiger partial charge is 0.478 e. The van der Waals surface area contributed by atoms with E-state index in [-0.39, 0.29) is 25.2 Å². The number of fused-ring (bicyclic) bond motifs is 1. The lowest BCUT2D eigenvalue weighted by atomic mass is 9.92. The number of carbonyl (C=O) groups is 2. The van der Waals surface area contributed by atoms with Gasteiger partial charge < -0.3 is 19.8 Å². The second-order valence-corrected chi connectivity index (χ2v) is 12.4. The molecular weight excluding hydrogens is 528 g/mol. The molecule has 0 unspecified atom stereocenters. The third-order valence-electron chi connectivity index (χ3n) is 7.80. The number of aliphatic carboxylic acids is 1. The van der Waals surface area contributed by atoms with E-state index in [0.29, 0.717) is 19.3 Å². The Balaban J connectivity index is 1.94. The van der Waals surface area contributed by atoms with Gasteiger partial charge in [-0.2, -0.15) is 0 Å². The van der Waals surface area contributed by atoms with Gasteiger partial charge in [-0.05, 0) is 75.9 Å². The van der Waals surface area contributed by atoms with Crippen molar-refractivity contribution in [1.82, 2.24) is 9.80 Å². The summed E-state index contributed by atoms with van der Waals surface area (Å²) in [4.78, 5) is 29.4. The molecule has 0 radical (unpaired) electrons. The smallest absolute Gasteiger partial charge is 0.327 e. The highest BCUT2D eigenvalue weighted by atomic mass is 16.5. The molecule has 0 saturated heterocycles. The highest BCUT2D eigenvalue weighted by Gasteiger charge is 2.36. The summed E-state index contributed by atoms with van der Waals surface area (Å²) >= 11 is 0. The van der Waals surface area contributed by atoms with Crippen molar-refractivity contribution in [3.8, 4) is 0 Å². The van der Waals surface area contributed by atoms with Crippen LogP contribution in [0.15, 0.2) is 84.9 Å². The molecule has 0 bridgehead atoms. The molecule has 0 aromatic heterocycles. The van der Waals surface area contributed by atoms with Crippen LogP contribution in [0.1, 0.15) is 45.2 Å². The van der Waals surface area contributed by atoms with Crippen LogP contribution < -0.4 is 0 Å². The SMILES string of the molecule is CN(C(=O)[C@@H](Cc1ccc2ccccc2c1)N(C)C(C)(C)C/C=C/C(=O)O)[C@@H](COCC(C)(C)O)Cc1ccccc1. The number of amides is 1. The summed E-state index contributed by atoms with van der Waals surface area (Å²) in [7, 11) is 3.75. The van der Waals surface area contributed by atoms with Crippen molar-refractivity contribution in [3.05, 3.63) is 96.1 Å². The van der Waals surface area contributed by atoms with Crippen molar-refractivity contribution >= 4 is 22.6 Å². The van der Waals surface area contributed by atoms with Gasteiger partial charge in [0.15, 0.2) is 0 Å². The monoisotopic (exact) mass is 574 g/mol. The number of aliphatic hydroxyl groups is 1. The third-order valence-corrected chi connectivity index (χ3v) is 7.80. The number of benzene rings is 3. The molecule has 7 nitrogen and oxygen atoms in total. The number of carboxylic acids is 1. The van der Waals surface area contributed by atoms with Gasteiger partial charge in [-0.1, -0.05) is 78.9 Å². The fourth-order valence-electron chi connectivity index (χ4n) is 5.05. The van der Waals surface area contributed by atoms with Crippen molar-refractivity contribution in [3.63, 3.8) is 0 Å². The zero-order valence-electron chi connectivity index (χ0n) is 25.8. The van der Waals surface area contributed by atoms with E-state index in [9.17, 15) is 14.7 Å². The molecule has 0 aliphatic heterocycles. The number of carboxylic acid groups (broad SMARTS) is 1. The van der Waals surface area contributed by atoms with Crippen LogP contribution >= 0.6 is 0 Å². The van der Waals surface area contributed by atoms with Gasteiger partial charge in [-0.25, -0.2) is 4.79 Å². The lowest BCUT2D eigenvalue weighted by molar-refractivity contribution is -0.141. The predicted octanol–water partition coefficient (Wildman–Crippen LogP) is 5.35. The number of likely N-dealkylation sites (N-methyl/N-ethyl adjacent to an activating group) is 2. The van der Waals surface area contributed by atoms with Crippen molar-refractivity contribution in [2.45, 2.75) is 70.2 Å². The second-order valence-electron chi connectivity index (χ2n) is 12.4. The molecule has 0 heterocycles. The number of nitrogens with zero attached hydrogens (tertiary/aromatic N) is 2. The minimum atomic E-state index is -0.994. The first-order valence-corrected chi connectivity index (χ1v) is 14.5. The van der Waals surface area contributed by atoms with E-state index in [0.717, 1.165) is 28.0 Å². The van der Waals surface area contributed by atoms with E-state index >= 15 is 0 Å². The van der Waals surface area contributed by atoms with E-state index in [4.69, 9.17) is 9.84 Å². The molecule has 2 atom stereocenters. The fraction of sp³-hybridized carbons (Fsp3) is 0.429. The molecule has 0 saturated carbocycles. The van der Waals surface area contributed by atoms with Crippen LogP contribution in [0.5, 0.6) is 0 Å². The maximum Gasteiger partial charge on any atom is 0.327 e. The van der Waals surface area contributed by atoms with Gasteiger partial charge in [0.1, 0.15) is 0 Å². The predicted molar refractivity (Wildman–Crippen MR) is 168 cm³/mol. The van der Waals surface area contributed by atoms with Crippen LogP contribution in [-0.4, -0.2) is 82.4 Å². The van der Waals surface area contributed by atoms with Gasteiger partial charge >= 0.3 is 5.97 Å². The standard InChI is InChI=1S/C35H46N2O5/c1-34(2,20-12-17-32(38)39)37(6)31(23-27-18-19-28-15-10-11-16-29(28)21-27)33(40)36(5)30(24-42-25-35(3,4)41)22-26-13-8-7-9-14-26/h7-19,21,30-31,41H,20,22-25H2,1-6H3,(H,38,39)/b17-12+/t30-,31-/m1/s1. The number of rotatable bonds is 15. The van der Waals surface area contributed by atoms with Crippen molar-refractivity contribution in [2.24, 2.45) is 0 Å². The van der Waals surface area contributed by atoms with E-state index in [1.807, 2.05) is 70.4 Å². The summed E-state index contributed by atoms with van der Waals surface area (Å²) in [5, 5.41) is 21.6. The topological polar surface area (TPSA) is 90.3 Å². The zero-order chi connectivity index (χ0) is 30.9. The number of ether oxygens (including phenoxy) is 1. The Kier molecular flexibility index (Phi) is 11.5. The Hall–Kier alpha value is -3.52. The van der Waals surface area contributed by atoms with E-state index in [2.05, 4.69) is 35.2 Å². The van der Waals surface area contributed by atoms with Crippen molar-refractivity contribution in [2.75, 3.05) is 27.3 Å². The Morgan fingerprint density at radius 2 is 1.52 bits per heavy atom. The molecule has 3 rings (SSSR count). The Bertz CT molecular complexity index is 1350. The van der Waals surface area contributed by atoms with Crippen LogP contribution in [0.2, 0.25) is 0 Å². The summed E-state index contributed by atoms with van der Waals surface area (Å²) in [6, 6.07) is 23.7. The van der Waals surface area contributed by atoms with Gasteiger partial charge in [0.2, 0.25) is 5.91 Å². The summed E-state index contributed by atoms with van der Waals surface area (Å²) in [6.45, 7) is 7.87. The quantitative estimate of drug-likeness (QED) is 0.238. The summed E-state index contributed by atoms with van der Waals surface area (Å²) < 4.78 is 5.93. The summed E-state index contributed by atoms with van der Waals surface area (Å²) in [5.41, 5.74) is 0.650. The lowest BCUT2D eigenvalue weighted by Crippen LogP contribution is -2.57. The molecule has 226 valence electrons. The minimum Gasteiger partial charge on any atom is -0.478 e. The minimum absolute atomic E-state index is 0.0475. The molecular formula is C35H46N2O5. The maximum atomic E-state index is 14.4. The van der Waals surface area contributed by atoms with Gasteiger partial charge in [-0.3, -0.25) is 9.69 Å². The molecule has 0 spiro atoms. The van der Waals surface area contributed by atoms with Crippen molar-refractivity contribution in [1.29, 1.82) is 0 Å². The number of hydrogen-bond donors (Lipinski definition) is 2. The number of hydrogen-bond acceptors (Lipinski definition) is 5. The lowest BCUT2D eigenvalue weighted by Gasteiger charge is -2.42. The average Bonchev–Trinajstić information content (AvgIpc) is 2.93. The van der Waals surface area contributed by atoms with E-state index in [1.165, 1.54) is 0 Å². The molecule has 0 aliphatic rings. The van der Waals surface area contributed by atoms with Crippen molar-refractivity contribution < 1.29 is 24.5 Å². The van der Waals surface area contributed by atoms with Crippen LogP contribution in [-0.2, 0) is 27.2 Å². The summed E-state index contributed by atoms with van der Waals surface area (Å²) in [6.07, 6.45) is 4.34.